The quantitative estimate of drug-likeness (QED) is 0.808. The SMILES string of the molecule is CC(C)C(C)(C)CNS(=O)(=O)c1cccc(S(=O)(=O)F)c1. The molecule has 0 aliphatic heterocycles. The Kier molecular flexibility index (Phi) is 5.18. The number of hydrogen-bond acceptors (Lipinski definition) is 4. The fourth-order valence-corrected chi connectivity index (χ4v) is 3.21. The molecule has 5 nitrogen and oxygen atoms in total. The van der Waals surface area contributed by atoms with Crippen molar-refractivity contribution in [3.05, 3.63) is 24.3 Å². The van der Waals surface area contributed by atoms with Gasteiger partial charge in [0.15, 0.2) is 0 Å². The summed E-state index contributed by atoms with van der Waals surface area (Å²) in [4.78, 5) is -0.950. The Labute approximate surface area is 125 Å². The zero-order chi connectivity index (χ0) is 16.5. The molecule has 0 saturated carbocycles. The third-order valence-electron chi connectivity index (χ3n) is 3.68. The second-order valence-electron chi connectivity index (χ2n) is 5.88. The van der Waals surface area contributed by atoms with E-state index in [1.807, 2.05) is 27.7 Å². The molecule has 1 aromatic carbocycles. The van der Waals surface area contributed by atoms with Gasteiger partial charge in [0.05, 0.1) is 9.79 Å². The van der Waals surface area contributed by atoms with Gasteiger partial charge >= 0.3 is 10.2 Å². The van der Waals surface area contributed by atoms with Crippen molar-refractivity contribution in [3.8, 4) is 0 Å². The van der Waals surface area contributed by atoms with Crippen LogP contribution in [0.25, 0.3) is 0 Å². The van der Waals surface area contributed by atoms with Crippen molar-refractivity contribution in [2.75, 3.05) is 6.54 Å². The summed E-state index contributed by atoms with van der Waals surface area (Å²) in [5, 5.41) is 0. The molecule has 21 heavy (non-hydrogen) atoms. The molecule has 1 aromatic rings. The van der Waals surface area contributed by atoms with E-state index >= 15 is 0 Å². The van der Waals surface area contributed by atoms with Crippen molar-refractivity contribution in [2.45, 2.75) is 37.5 Å². The number of hydrogen-bond donors (Lipinski definition) is 1. The highest BCUT2D eigenvalue weighted by molar-refractivity contribution is 7.89. The lowest BCUT2D eigenvalue weighted by molar-refractivity contribution is 0.252. The lowest BCUT2D eigenvalue weighted by Crippen LogP contribution is -2.36. The molecule has 1 N–H and O–H groups in total. The van der Waals surface area contributed by atoms with Gasteiger partial charge in [0.1, 0.15) is 0 Å². The first-order valence-electron chi connectivity index (χ1n) is 6.41. The minimum absolute atomic E-state index is 0.194. The molecule has 0 aromatic heterocycles. The van der Waals surface area contributed by atoms with E-state index in [-0.39, 0.29) is 22.8 Å². The monoisotopic (exact) mass is 337 g/mol. The number of rotatable bonds is 6. The predicted octanol–water partition coefficient (Wildman–Crippen LogP) is 2.31. The molecule has 8 heteroatoms. The van der Waals surface area contributed by atoms with Crippen LogP contribution in [0, 0.1) is 11.3 Å². The highest BCUT2D eigenvalue weighted by Crippen LogP contribution is 2.25. The molecule has 0 aliphatic carbocycles. The minimum Gasteiger partial charge on any atom is -0.211 e. The summed E-state index contributed by atoms with van der Waals surface area (Å²) in [5.41, 5.74) is -0.267. The number of nitrogens with one attached hydrogen (secondary N) is 1. The molecule has 1 rings (SSSR count). The smallest absolute Gasteiger partial charge is 0.211 e. The fourth-order valence-electron chi connectivity index (χ4n) is 1.36. The van der Waals surface area contributed by atoms with Gasteiger partial charge in [-0.25, -0.2) is 13.1 Å². The van der Waals surface area contributed by atoms with Gasteiger partial charge in [0.2, 0.25) is 10.0 Å². The van der Waals surface area contributed by atoms with Crippen LogP contribution in [-0.2, 0) is 20.2 Å². The first-order valence-corrected chi connectivity index (χ1v) is 9.27. The van der Waals surface area contributed by atoms with E-state index < -0.39 is 25.1 Å². The first-order chi connectivity index (χ1) is 9.36. The van der Waals surface area contributed by atoms with E-state index in [2.05, 4.69) is 4.72 Å². The van der Waals surface area contributed by atoms with Crippen LogP contribution in [0.15, 0.2) is 34.1 Å². The number of benzene rings is 1. The summed E-state index contributed by atoms with van der Waals surface area (Å²) in [6.07, 6.45) is 0. The third-order valence-corrected chi connectivity index (χ3v) is 5.89. The van der Waals surface area contributed by atoms with Crippen molar-refractivity contribution < 1.29 is 20.7 Å². The van der Waals surface area contributed by atoms with Gasteiger partial charge in [-0.2, -0.15) is 8.42 Å². The van der Waals surface area contributed by atoms with E-state index in [1.165, 1.54) is 12.1 Å². The van der Waals surface area contributed by atoms with Gasteiger partial charge in [0.25, 0.3) is 0 Å². The fraction of sp³-hybridized carbons (Fsp3) is 0.538. The highest BCUT2D eigenvalue weighted by Gasteiger charge is 2.26. The Hall–Kier alpha value is -0.990. The Morgan fingerprint density at radius 3 is 2.14 bits per heavy atom. The molecule has 0 amide bonds. The minimum atomic E-state index is -4.93. The average molecular weight is 337 g/mol. The highest BCUT2D eigenvalue weighted by atomic mass is 32.3. The summed E-state index contributed by atoms with van der Waals surface area (Å²) >= 11 is 0. The van der Waals surface area contributed by atoms with Gasteiger partial charge in [0, 0.05) is 6.54 Å². The van der Waals surface area contributed by atoms with Crippen LogP contribution in [0.1, 0.15) is 27.7 Å². The molecule has 0 bridgehead atoms. The van der Waals surface area contributed by atoms with Gasteiger partial charge in [-0.15, -0.1) is 3.89 Å². The molecule has 0 radical (unpaired) electrons. The van der Waals surface area contributed by atoms with Crippen LogP contribution < -0.4 is 4.72 Å². The van der Waals surface area contributed by atoms with E-state index in [0.717, 1.165) is 12.1 Å². The molecule has 120 valence electrons. The van der Waals surface area contributed by atoms with Crippen LogP contribution in [0.5, 0.6) is 0 Å². The number of halogens is 1. The maximum atomic E-state index is 12.9. The van der Waals surface area contributed by atoms with E-state index in [4.69, 9.17) is 0 Å². The molecule has 0 fully saturated rings. The molecule has 0 spiro atoms. The topological polar surface area (TPSA) is 80.3 Å². The third kappa shape index (κ3) is 4.76. The Bertz CT molecular complexity index is 709. The van der Waals surface area contributed by atoms with E-state index in [0.29, 0.717) is 0 Å². The largest absolute Gasteiger partial charge is 0.332 e. The second kappa shape index (κ2) is 6.02. The van der Waals surface area contributed by atoms with Crippen LogP contribution in [0.2, 0.25) is 0 Å². The number of sulfonamides is 1. The summed E-state index contributed by atoms with van der Waals surface area (Å²) in [6.45, 7) is 7.99. The Balaban J connectivity index is 3.05. The van der Waals surface area contributed by atoms with Crippen molar-refractivity contribution in [2.24, 2.45) is 11.3 Å². The summed E-state index contributed by atoms with van der Waals surface area (Å²) in [5.74, 6) is 0.248. The molecule has 0 unspecified atom stereocenters. The Morgan fingerprint density at radius 1 is 1.14 bits per heavy atom. The molecular formula is C13H20FNO4S2. The van der Waals surface area contributed by atoms with Crippen molar-refractivity contribution in [1.82, 2.24) is 4.72 Å². The Morgan fingerprint density at radius 2 is 1.67 bits per heavy atom. The first kappa shape index (κ1) is 18.1. The van der Waals surface area contributed by atoms with Gasteiger partial charge in [-0.3, -0.25) is 0 Å². The van der Waals surface area contributed by atoms with Crippen LogP contribution in [-0.4, -0.2) is 23.4 Å². The van der Waals surface area contributed by atoms with Crippen LogP contribution in [0.3, 0.4) is 0 Å². The lowest BCUT2D eigenvalue weighted by atomic mass is 9.81. The zero-order valence-electron chi connectivity index (χ0n) is 12.4. The van der Waals surface area contributed by atoms with Gasteiger partial charge < -0.3 is 0 Å². The van der Waals surface area contributed by atoms with Gasteiger partial charge in [-0.1, -0.05) is 33.8 Å². The lowest BCUT2D eigenvalue weighted by Gasteiger charge is -2.29. The zero-order valence-corrected chi connectivity index (χ0v) is 14.1. The van der Waals surface area contributed by atoms with E-state index in [9.17, 15) is 20.7 Å². The average Bonchev–Trinajstić information content (AvgIpc) is 2.36. The summed E-state index contributed by atoms with van der Waals surface area (Å²) in [6, 6.07) is 4.22. The maximum absolute atomic E-state index is 12.9. The molecule has 0 aliphatic rings. The molecular weight excluding hydrogens is 317 g/mol. The molecule has 0 saturated heterocycles. The summed E-state index contributed by atoms with van der Waals surface area (Å²) < 4.78 is 61.3. The van der Waals surface area contributed by atoms with Crippen molar-refractivity contribution in [3.63, 3.8) is 0 Å². The van der Waals surface area contributed by atoms with Crippen molar-refractivity contribution in [1.29, 1.82) is 0 Å². The predicted molar refractivity (Wildman–Crippen MR) is 78.5 cm³/mol. The van der Waals surface area contributed by atoms with Crippen molar-refractivity contribution >= 4 is 20.2 Å². The molecule has 0 heterocycles. The summed E-state index contributed by atoms with van der Waals surface area (Å²) in [7, 11) is -8.83. The second-order valence-corrected chi connectivity index (χ2v) is 8.99. The standard InChI is InChI=1S/C13H20FNO4S2/c1-10(2)13(3,4)9-15-21(18,19)12-7-5-6-11(8-12)20(14,16)17/h5-8,10,15H,9H2,1-4H3. The van der Waals surface area contributed by atoms with Crippen LogP contribution >= 0.6 is 0 Å². The maximum Gasteiger partial charge on any atom is 0.332 e. The van der Waals surface area contributed by atoms with E-state index in [1.54, 1.807) is 0 Å². The normalized spacial score (nSPS) is 13.6. The van der Waals surface area contributed by atoms with Gasteiger partial charge in [-0.05, 0) is 29.5 Å². The molecule has 0 atom stereocenters. The van der Waals surface area contributed by atoms with Crippen LogP contribution in [0.4, 0.5) is 3.89 Å².